The molecule has 126 valence electrons. The summed E-state index contributed by atoms with van der Waals surface area (Å²) >= 11 is 1.62. The van der Waals surface area contributed by atoms with E-state index in [1.54, 1.807) is 17.4 Å². The third-order valence-electron chi connectivity index (χ3n) is 4.16. The van der Waals surface area contributed by atoms with Crippen LogP contribution in [-0.4, -0.2) is 38.1 Å². The first-order valence-electron chi connectivity index (χ1n) is 8.03. The maximum Gasteiger partial charge on any atom is 0.244 e. The SMILES string of the molecule is CN(C)[C@H](CNC(=O)/C=C/c1ccsc1)c1ccc2c(c1)CCO2. The average Bonchev–Trinajstić information content (AvgIpc) is 3.23. The highest BCUT2D eigenvalue weighted by Gasteiger charge is 2.19. The molecule has 3 rings (SSSR count). The highest BCUT2D eigenvalue weighted by molar-refractivity contribution is 7.08. The predicted molar refractivity (Wildman–Crippen MR) is 98.4 cm³/mol. The minimum atomic E-state index is -0.0717. The van der Waals surface area contributed by atoms with Gasteiger partial charge in [0.2, 0.25) is 5.91 Å². The molecule has 1 atom stereocenters. The minimum absolute atomic E-state index is 0.0717. The minimum Gasteiger partial charge on any atom is -0.493 e. The van der Waals surface area contributed by atoms with Gasteiger partial charge in [-0.15, -0.1) is 0 Å². The van der Waals surface area contributed by atoms with Crippen molar-refractivity contribution in [3.8, 4) is 5.75 Å². The molecule has 0 unspecified atom stereocenters. The molecule has 0 spiro atoms. The van der Waals surface area contributed by atoms with E-state index >= 15 is 0 Å². The van der Waals surface area contributed by atoms with E-state index in [2.05, 4.69) is 22.3 Å². The lowest BCUT2D eigenvalue weighted by atomic mass is 10.0. The third-order valence-corrected chi connectivity index (χ3v) is 4.86. The zero-order chi connectivity index (χ0) is 16.9. The first-order valence-corrected chi connectivity index (χ1v) is 8.98. The zero-order valence-corrected chi connectivity index (χ0v) is 14.8. The van der Waals surface area contributed by atoms with Crippen LogP contribution >= 0.6 is 11.3 Å². The summed E-state index contributed by atoms with van der Waals surface area (Å²) in [5.41, 5.74) is 3.51. The second kappa shape index (κ2) is 7.64. The first-order chi connectivity index (χ1) is 11.6. The van der Waals surface area contributed by atoms with Crippen molar-refractivity contribution in [2.45, 2.75) is 12.5 Å². The molecule has 0 bridgehead atoms. The molecule has 1 aromatic carbocycles. The van der Waals surface area contributed by atoms with Gasteiger partial charge in [-0.1, -0.05) is 12.1 Å². The molecule has 5 heteroatoms. The Hall–Kier alpha value is -2.11. The van der Waals surface area contributed by atoms with Gasteiger partial charge in [0.25, 0.3) is 0 Å². The fraction of sp³-hybridized carbons (Fsp3) is 0.316. The van der Waals surface area contributed by atoms with Crippen molar-refractivity contribution >= 4 is 23.3 Å². The van der Waals surface area contributed by atoms with Gasteiger partial charge < -0.3 is 15.0 Å². The zero-order valence-electron chi connectivity index (χ0n) is 14.0. The van der Waals surface area contributed by atoms with Gasteiger partial charge in [0.15, 0.2) is 0 Å². The van der Waals surface area contributed by atoms with Crippen molar-refractivity contribution in [1.29, 1.82) is 0 Å². The summed E-state index contributed by atoms with van der Waals surface area (Å²) in [6, 6.07) is 8.44. The summed E-state index contributed by atoms with van der Waals surface area (Å²) in [6.45, 7) is 1.33. The van der Waals surface area contributed by atoms with Gasteiger partial charge in [0, 0.05) is 19.0 Å². The van der Waals surface area contributed by atoms with Crippen molar-refractivity contribution in [2.75, 3.05) is 27.2 Å². The Morgan fingerprint density at radius 2 is 2.29 bits per heavy atom. The number of thiophene rings is 1. The van der Waals surface area contributed by atoms with Crippen LogP contribution in [0, 0.1) is 0 Å². The Bertz CT molecular complexity index is 723. The smallest absolute Gasteiger partial charge is 0.244 e. The number of ether oxygens (including phenoxy) is 1. The van der Waals surface area contributed by atoms with E-state index in [1.807, 2.05) is 43.1 Å². The lowest BCUT2D eigenvalue weighted by Crippen LogP contribution is -2.33. The first kappa shape index (κ1) is 16.7. The molecule has 1 aromatic heterocycles. The molecule has 0 radical (unpaired) electrons. The molecule has 0 saturated carbocycles. The number of likely N-dealkylation sites (N-methyl/N-ethyl adjacent to an activating group) is 1. The summed E-state index contributed by atoms with van der Waals surface area (Å²) in [5, 5.41) is 7.01. The molecule has 24 heavy (non-hydrogen) atoms. The summed E-state index contributed by atoms with van der Waals surface area (Å²) in [4.78, 5) is 14.2. The molecule has 0 aliphatic carbocycles. The Morgan fingerprint density at radius 3 is 3.04 bits per heavy atom. The maximum atomic E-state index is 12.1. The van der Waals surface area contributed by atoms with E-state index in [-0.39, 0.29) is 11.9 Å². The standard InChI is InChI=1S/C19H22N2O2S/c1-21(2)17(15-4-5-18-16(11-15)7-9-23-18)12-20-19(22)6-3-14-8-10-24-13-14/h3-6,8,10-11,13,17H,7,9,12H2,1-2H3,(H,20,22)/b6-3+/t17-/m1/s1. The van der Waals surface area contributed by atoms with E-state index in [4.69, 9.17) is 4.74 Å². The molecular formula is C19H22N2O2S. The third kappa shape index (κ3) is 4.04. The van der Waals surface area contributed by atoms with Crippen molar-refractivity contribution in [1.82, 2.24) is 10.2 Å². The molecule has 1 N–H and O–H groups in total. The maximum absolute atomic E-state index is 12.1. The molecule has 2 aromatic rings. The normalized spacial score (nSPS) is 14.6. The fourth-order valence-corrected chi connectivity index (χ4v) is 3.44. The number of carbonyl (C=O) groups excluding carboxylic acids is 1. The second-order valence-corrected chi connectivity index (χ2v) is 6.86. The van der Waals surface area contributed by atoms with Crippen LogP contribution < -0.4 is 10.1 Å². The largest absolute Gasteiger partial charge is 0.493 e. The van der Waals surface area contributed by atoms with Crippen LogP contribution in [0.5, 0.6) is 5.75 Å². The summed E-state index contributed by atoms with van der Waals surface area (Å²) in [7, 11) is 4.06. The average molecular weight is 342 g/mol. The van der Waals surface area contributed by atoms with Gasteiger partial charge in [-0.2, -0.15) is 11.3 Å². The van der Waals surface area contributed by atoms with Gasteiger partial charge in [-0.3, -0.25) is 4.79 Å². The summed E-state index contributed by atoms with van der Waals surface area (Å²) in [6.07, 6.45) is 4.38. The molecule has 0 saturated heterocycles. The van der Waals surface area contributed by atoms with Crippen molar-refractivity contribution in [3.63, 3.8) is 0 Å². The molecule has 1 amide bonds. The number of hydrogen-bond acceptors (Lipinski definition) is 4. The Kier molecular flexibility index (Phi) is 5.33. The molecule has 2 heterocycles. The predicted octanol–water partition coefficient (Wildman–Crippen LogP) is 3.12. The van der Waals surface area contributed by atoms with Crippen LogP contribution in [0.3, 0.4) is 0 Å². The molecule has 0 fully saturated rings. The van der Waals surface area contributed by atoms with Gasteiger partial charge in [0.1, 0.15) is 5.75 Å². The Balaban J connectivity index is 1.63. The lowest BCUT2D eigenvalue weighted by molar-refractivity contribution is -0.116. The number of amides is 1. The van der Waals surface area contributed by atoms with Gasteiger partial charge >= 0.3 is 0 Å². The van der Waals surface area contributed by atoms with Crippen molar-refractivity contribution in [2.24, 2.45) is 0 Å². The number of nitrogens with zero attached hydrogens (tertiary/aromatic N) is 1. The lowest BCUT2D eigenvalue weighted by Gasteiger charge is -2.25. The summed E-state index contributed by atoms with van der Waals surface area (Å²) < 4.78 is 5.57. The topological polar surface area (TPSA) is 41.6 Å². The van der Waals surface area contributed by atoms with Gasteiger partial charge in [-0.05, 0) is 59.8 Å². The van der Waals surface area contributed by atoms with Crippen LogP contribution in [-0.2, 0) is 11.2 Å². The van der Waals surface area contributed by atoms with Crippen LogP contribution in [0.4, 0.5) is 0 Å². The van der Waals surface area contributed by atoms with E-state index in [1.165, 1.54) is 11.1 Å². The van der Waals surface area contributed by atoms with Crippen molar-refractivity contribution in [3.05, 3.63) is 57.8 Å². The number of carbonyl (C=O) groups is 1. The van der Waals surface area contributed by atoms with Gasteiger partial charge in [0.05, 0.1) is 12.6 Å². The highest BCUT2D eigenvalue weighted by atomic mass is 32.1. The number of hydrogen-bond donors (Lipinski definition) is 1. The van der Waals surface area contributed by atoms with Gasteiger partial charge in [-0.25, -0.2) is 0 Å². The number of nitrogens with one attached hydrogen (secondary N) is 1. The number of rotatable bonds is 6. The molecule has 1 aliphatic heterocycles. The van der Waals surface area contributed by atoms with E-state index in [0.29, 0.717) is 6.54 Å². The quantitative estimate of drug-likeness (QED) is 0.820. The Labute approximate surface area is 146 Å². The van der Waals surface area contributed by atoms with E-state index < -0.39 is 0 Å². The molecule has 4 nitrogen and oxygen atoms in total. The number of fused-ring (bicyclic) bond motifs is 1. The van der Waals surface area contributed by atoms with Crippen LogP contribution in [0.15, 0.2) is 41.1 Å². The van der Waals surface area contributed by atoms with Crippen molar-refractivity contribution < 1.29 is 9.53 Å². The fourth-order valence-electron chi connectivity index (χ4n) is 2.81. The van der Waals surface area contributed by atoms with Crippen LogP contribution in [0.2, 0.25) is 0 Å². The van der Waals surface area contributed by atoms with Crippen LogP contribution in [0.25, 0.3) is 6.08 Å². The van der Waals surface area contributed by atoms with Crippen LogP contribution in [0.1, 0.15) is 22.7 Å². The Morgan fingerprint density at radius 1 is 1.42 bits per heavy atom. The molecular weight excluding hydrogens is 320 g/mol. The second-order valence-electron chi connectivity index (χ2n) is 6.08. The highest BCUT2D eigenvalue weighted by Crippen LogP contribution is 2.29. The number of benzene rings is 1. The van der Waals surface area contributed by atoms with E-state index in [9.17, 15) is 4.79 Å². The summed E-state index contributed by atoms with van der Waals surface area (Å²) in [5.74, 6) is 0.913. The molecule has 1 aliphatic rings. The van der Waals surface area contributed by atoms with E-state index in [0.717, 1.165) is 24.3 Å². The monoisotopic (exact) mass is 342 g/mol.